The van der Waals surface area contributed by atoms with Crippen LogP contribution in [0.25, 0.3) is 11.2 Å². The van der Waals surface area contributed by atoms with Crippen LogP contribution < -0.4 is 5.32 Å². The molecule has 2 heterocycles. The first kappa shape index (κ1) is 13.0. The van der Waals surface area contributed by atoms with Gasteiger partial charge in [0.15, 0.2) is 11.5 Å². The molecule has 102 valence electrons. The van der Waals surface area contributed by atoms with E-state index in [4.69, 9.17) is 0 Å². The summed E-state index contributed by atoms with van der Waals surface area (Å²) in [5, 5.41) is 3.22. The van der Waals surface area contributed by atoms with Gasteiger partial charge in [0.1, 0.15) is 17.7 Å². The molecule has 0 bridgehead atoms. The molecule has 0 fully saturated rings. The highest BCUT2D eigenvalue weighted by Crippen LogP contribution is 2.18. The average molecular weight is 336 g/mol. The maximum atomic E-state index is 13.1. The molecule has 2 aromatic heterocycles. The van der Waals surface area contributed by atoms with Gasteiger partial charge in [0.2, 0.25) is 0 Å². The van der Waals surface area contributed by atoms with Gasteiger partial charge in [-0.15, -0.1) is 0 Å². The molecular formula is C13H11BrFN5. The van der Waals surface area contributed by atoms with E-state index in [1.165, 1.54) is 12.4 Å². The lowest BCUT2D eigenvalue weighted by atomic mass is 10.1. The van der Waals surface area contributed by atoms with E-state index < -0.39 is 0 Å². The molecule has 0 saturated heterocycles. The van der Waals surface area contributed by atoms with Crippen molar-refractivity contribution in [3.05, 3.63) is 46.7 Å². The van der Waals surface area contributed by atoms with E-state index in [9.17, 15) is 4.39 Å². The predicted molar refractivity (Wildman–Crippen MR) is 78.0 cm³/mol. The van der Waals surface area contributed by atoms with Crippen LogP contribution in [0.4, 0.5) is 10.2 Å². The number of nitrogens with one attached hydrogen (secondary N) is 2. The monoisotopic (exact) mass is 335 g/mol. The predicted octanol–water partition coefficient (Wildman–Crippen LogP) is 2.91. The number of aromatic amines is 1. The van der Waals surface area contributed by atoms with Crippen LogP contribution >= 0.6 is 15.9 Å². The fourth-order valence-electron chi connectivity index (χ4n) is 1.92. The minimum atomic E-state index is -0.253. The first-order valence-electron chi connectivity index (χ1n) is 6.06. The third-order valence-corrected chi connectivity index (χ3v) is 3.52. The van der Waals surface area contributed by atoms with E-state index >= 15 is 0 Å². The third kappa shape index (κ3) is 2.62. The van der Waals surface area contributed by atoms with E-state index in [0.29, 0.717) is 22.5 Å². The summed E-state index contributed by atoms with van der Waals surface area (Å²) in [6.07, 6.45) is 3.82. The molecule has 0 radical (unpaired) electrons. The molecule has 7 heteroatoms. The summed E-state index contributed by atoms with van der Waals surface area (Å²) in [5.41, 5.74) is 2.46. The molecule has 5 nitrogen and oxygen atoms in total. The Hall–Kier alpha value is -2.02. The highest BCUT2D eigenvalue weighted by Gasteiger charge is 2.05. The quantitative estimate of drug-likeness (QED) is 0.769. The minimum Gasteiger partial charge on any atom is -0.368 e. The highest BCUT2D eigenvalue weighted by molar-refractivity contribution is 9.10. The van der Waals surface area contributed by atoms with Crippen LogP contribution in [-0.4, -0.2) is 26.5 Å². The first-order chi connectivity index (χ1) is 9.74. The smallest absolute Gasteiger partial charge is 0.182 e. The second-order valence-electron chi connectivity index (χ2n) is 4.25. The number of H-pyrrole nitrogens is 1. The van der Waals surface area contributed by atoms with Gasteiger partial charge in [0, 0.05) is 6.54 Å². The Morgan fingerprint density at radius 3 is 3.00 bits per heavy atom. The molecule has 0 amide bonds. The van der Waals surface area contributed by atoms with Gasteiger partial charge in [-0.2, -0.15) is 0 Å². The van der Waals surface area contributed by atoms with Crippen LogP contribution in [0.5, 0.6) is 0 Å². The second kappa shape index (κ2) is 5.54. The Balaban J connectivity index is 1.68. The number of anilines is 1. The number of hydrogen-bond donors (Lipinski definition) is 2. The summed E-state index contributed by atoms with van der Waals surface area (Å²) in [6.45, 7) is 0.684. The molecule has 0 atom stereocenters. The van der Waals surface area contributed by atoms with Gasteiger partial charge in [-0.3, -0.25) is 0 Å². The Kier molecular flexibility index (Phi) is 3.60. The fourth-order valence-corrected chi connectivity index (χ4v) is 2.35. The number of fused-ring (bicyclic) bond motifs is 1. The molecule has 0 unspecified atom stereocenters. The summed E-state index contributed by atoms with van der Waals surface area (Å²) in [7, 11) is 0. The molecule has 3 rings (SSSR count). The van der Waals surface area contributed by atoms with Crippen LogP contribution in [0.15, 0.2) is 35.3 Å². The zero-order chi connectivity index (χ0) is 13.9. The van der Waals surface area contributed by atoms with Gasteiger partial charge in [-0.05, 0) is 40.0 Å². The molecule has 2 N–H and O–H groups in total. The summed E-state index contributed by atoms with van der Waals surface area (Å²) < 4.78 is 13.6. The molecule has 3 aromatic rings. The van der Waals surface area contributed by atoms with Gasteiger partial charge in [-0.25, -0.2) is 19.3 Å². The van der Waals surface area contributed by atoms with Crippen molar-refractivity contribution in [1.82, 2.24) is 19.9 Å². The number of benzene rings is 1. The Morgan fingerprint density at radius 1 is 1.25 bits per heavy atom. The Bertz CT molecular complexity index is 742. The number of nitrogens with zero attached hydrogens (tertiary/aromatic N) is 3. The number of rotatable bonds is 4. The van der Waals surface area contributed by atoms with Crippen molar-refractivity contribution >= 4 is 32.9 Å². The van der Waals surface area contributed by atoms with Crippen molar-refractivity contribution in [1.29, 1.82) is 0 Å². The lowest BCUT2D eigenvalue weighted by Crippen LogP contribution is -2.07. The molecule has 0 spiro atoms. The number of hydrogen-bond acceptors (Lipinski definition) is 4. The zero-order valence-electron chi connectivity index (χ0n) is 10.4. The first-order valence-corrected chi connectivity index (χ1v) is 6.85. The van der Waals surface area contributed by atoms with Crippen molar-refractivity contribution in [3.63, 3.8) is 0 Å². The summed E-state index contributed by atoms with van der Waals surface area (Å²) in [4.78, 5) is 15.3. The highest BCUT2D eigenvalue weighted by atomic mass is 79.9. The number of aromatic nitrogens is 4. The summed E-state index contributed by atoms with van der Waals surface area (Å²) in [6, 6.07) is 5.01. The van der Waals surface area contributed by atoms with Crippen molar-refractivity contribution in [2.24, 2.45) is 0 Å². The van der Waals surface area contributed by atoms with Gasteiger partial charge in [0.25, 0.3) is 0 Å². The molecular weight excluding hydrogens is 325 g/mol. The maximum Gasteiger partial charge on any atom is 0.182 e. The van der Waals surface area contributed by atoms with Gasteiger partial charge < -0.3 is 10.3 Å². The van der Waals surface area contributed by atoms with Crippen molar-refractivity contribution < 1.29 is 4.39 Å². The van der Waals surface area contributed by atoms with Crippen molar-refractivity contribution in [3.8, 4) is 0 Å². The van der Waals surface area contributed by atoms with E-state index in [0.717, 1.165) is 17.5 Å². The SMILES string of the molecule is Fc1ccc(CCNc2ncnc3nc[nH]c23)cc1Br. The van der Waals surface area contributed by atoms with Crippen molar-refractivity contribution in [2.45, 2.75) is 6.42 Å². The van der Waals surface area contributed by atoms with E-state index in [1.807, 2.05) is 0 Å². The van der Waals surface area contributed by atoms with Crippen LogP contribution in [0.2, 0.25) is 0 Å². The summed E-state index contributed by atoms with van der Waals surface area (Å²) >= 11 is 3.18. The van der Waals surface area contributed by atoms with Crippen molar-refractivity contribution in [2.75, 3.05) is 11.9 Å². The minimum absolute atomic E-state index is 0.253. The fraction of sp³-hybridized carbons (Fsp3) is 0.154. The standard InChI is InChI=1S/C13H11BrFN5/c14-9-5-8(1-2-10(9)15)3-4-16-12-11-13(18-6-17-11)20-7-19-12/h1-2,5-7H,3-4H2,(H2,16,17,18,19,20). The van der Waals surface area contributed by atoms with Gasteiger partial charge in [0.05, 0.1) is 10.8 Å². The largest absolute Gasteiger partial charge is 0.368 e. The molecule has 0 aliphatic heterocycles. The van der Waals surface area contributed by atoms with Gasteiger partial charge >= 0.3 is 0 Å². The maximum absolute atomic E-state index is 13.1. The van der Waals surface area contributed by atoms with E-state index in [1.54, 1.807) is 18.5 Å². The van der Waals surface area contributed by atoms with E-state index in [2.05, 4.69) is 41.2 Å². The normalized spacial score (nSPS) is 10.9. The van der Waals surface area contributed by atoms with Crippen LogP contribution in [0.1, 0.15) is 5.56 Å². The lowest BCUT2D eigenvalue weighted by Gasteiger charge is -2.06. The third-order valence-electron chi connectivity index (χ3n) is 2.91. The zero-order valence-corrected chi connectivity index (χ0v) is 12.0. The molecule has 20 heavy (non-hydrogen) atoms. The molecule has 1 aromatic carbocycles. The second-order valence-corrected chi connectivity index (χ2v) is 5.10. The van der Waals surface area contributed by atoms with Gasteiger partial charge in [-0.1, -0.05) is 6.07 Å². The number of halogens is 2. The lowest BCUT2D eigenvalue weighted by molar-refractivity contribution is 0.620. The Labute approximate surface area is 122 Å². The Morgan fingerprint density at radius 2 is 2.15 bits per heavy atom. The number of imidazole rings is 1. The molecule has 0 aliphatic rings. The molecule has 0 aliphatic carbocycles. The van der Waals surface area contributed by atoms with E-state index in [-0.39, 0.29) is 5.82 Å². The van der Waals surface area contributed by atoms with Crippen LogP contribution in [-0.2, 0) is 6.42 Å². The van der Waals surface area contributed by atoms with Crippen LogP contribution in [0, 0.1) is 5.82 Å². The molecule has 0 saturated carbocycles. The summed E-state index contributed by atoms with van der Waals surface area (Å²) in [5.74, 6) is 0.463. The topological polar surface area (TPSA) is 66.5 Å². The van der Waals surface area contributed by atoms with Crippen LogP contribution in [0.3, 0.4) is 0 Å². The average Bonchev–Trinajstić information content (AvgIpc) is 2.92.